The Morgan fingerprint density at radius 2 is 1.92 bits per heavy atom. The standard InChI is InChI=1S/C25H27N5O6/c26-22-19-5-4-17(12-16(19)14-27-22)28-23(32)20(31)21-25(34)30(8-11-36-21)18-3-1-2-15(13-18)24(33)29-6-9-35-10-7-29/h1-5,12-13,20-21,31H,6-11,14H2,(H2,26,27)(H,28,32). The van der Waals surface area contributed by atoms with E-state index in [2.05, 4.69) is 10.3 Å². The predicted molar refractivity (Wildman–Crippen MR) is 131 cm³/mol. The second-order valence-corrected chi connectivity index (χ2v) is 8.74. The van der Waals surface area contributed by atoms with E-state index >= 15 is 0 Å². The van der Waals surface area contributed by atoms with Gasteiger partial charge in [0.05, 0.1) is 26.4 Å². The van der Waals surface area contributed by atoms with Gasteiger partial charge in [0.15, 0.2) is 12.2 Å². The molecule has 188 valence electrons. The summed E-state index contributed by atoms with van der Waals surface area (Å²) in [6.45, 7) is 2.76. The Morgan fingerprint density at radius 3 is 2.72 bits per heavy atom. The van der Waals surface area contributed by atoms with E-state index in [9.17, 15) is 19.5 Å². The number of hydrogen-bond donors (Lipinski definition) is 3. The molecule has 4 N–H and O–H groups in total. The van der Waals surface area contributed by atoms with E-state index < -0.39 is 24.0 Å². The Hall–Kier alpha value is -3.80. The topological polar surface area (TPSA) is 147 Å². The van der Waals surface area contributed by atoms with Crippen molar-refractivity contribution in [2.24, 2.45) is 10.7 Å². The van der Waals surface area contributed by atoms with Crippen molar-refractivity contribution in [2.75, 3.05) is 49.7 Å². The number of amidine groups is 1. The number of morpholine rings is 2. The first-order valence-corrected chi connectivity index (χ1v) is 11.7. The lowest BCUT2D eigenvalue weighted by Crippen LogP contribution is -2.55. The Kier molecular flexibility index (Phi) is 6.68. The third-order valence-corrected chi connectivity index (χ3v) is 6.45. The molecule has 2 saturated heterocycles. The van der Waals surface area contributed by atoms with Crippen molar-refractivity contribution < 1.29 is 29.0 Å². The molecule has 0 bridgehead atoms. The van der Waals surface area contributed by atoms with Crippen LogP contribution < -0.4 is 16.0 Å². The Morgan fingerprint density at radius 1 is 1.11 bits per heavy atom. The first-order valence-electron chi connectivity index (χ1n) is 11.7. The van der Waals surface area contributed by atoms with Gasteiger partial charge < -0.3 is 35.4 Å². The summed E-state index contributed by atoms with van der Waals surface area (Å²) < 4.78 is 10.8. The van der Waals surface area contributed by atoms with Crippen LogP contribution in [0.4, 0.5) is 11.4 Å². The van der Waals surface area contributed by atoms with E-state index in [1.165, 1.54) is 4.90 Å². The zero-order valence-electron chi connectivity index (χ0n) is 19.6. The first-order chi connectivity index (χ1) is 17.4. The van der Waals surface area contributed by atoms with Crippen LogP contribution in [-0.4, -0.2) is 85.2 Å². The van der Waals surface area contributed by atoms with E-state index in [-0.39, 0.29) is 19.1 Å². The minimum absolute atomic E-state index is 0.123. The molecule has 3 amide bonds. The van der Waals surface area contributed by atoms with Gasteiger partial charge in [-0.05, 0) is 42.0 Å². The molecule has 0 saturated carbocycles. The smallest absolute Gasteiger partial charge is 0.259 e. The van der Waals surface area contributed by atoms with Crippen molar-refractivity contribution >= 4 is 34.9 Å². The highest BCUT2D eigenvalue weighted by Crippen LogP contribution is 2.24. The number of fused-ring (bicyclic) bond motifs is 1. The highest BCUT2D eigenvalue weighted by molar-refractivity contribution is 6.05. The highest BCUT2D eigenvalue weighted by atomic mass is 16.5. The lowest BCUT2D eigenvalue weighted by atomic mass is 10.1. The number of hydrogen-bond acceptors (Lipinski definition) is 8. The molecule has 5 rings (SSSR count). The molecule has 36 heavy (non-hydrogen) atoms. The molecule has 3 heterocycles. The number of carbonyl (C=O) groups is 3. The molecule has 3 aliphatic heterocycles. The normalized spacial score (nSPS) is 20.5. The number of aliphatic imine (C=N–C) groups is 1. The van der Waals surface area contributed by atoms with Gasteiger partial charge in [-0.25, -0.2) is 0 Å². The summed E-state index contributed by atoms with van der Waals surface area (Å²) in [5.41, 5.74) is 8.90. The van der Waals surface area contributed by atoms with Gasteiger partial charge >= 0.3 is 0 Å². The average molecular weight is 494 g/mol. The lowest BCUT2D eigenvalue weighted by molar-refractivity contribution is -0.150. The second kappa shape index (κ2) is 10.1. The quantitative estimate of drug-likeness (QED) is 0.536. The van der Waals surface area contributed by atoms with Crippen molar-refractivity contribution in [1.29, 1.82) is 0 Å². The number of nitrogens with one attached hydrogen (secondary N) is 1. The number of anilines is 2. The van der Waals surface area contributed by atoms with Crippen molar-refractivity contribution in [3.05, 3.63) is 59.2 Å². The van der Waals surface area contributed by atoms with Gasteiger partial charge in [0.2, 0.25) is 0 Å². The van der Waals surface area contributed by atoms with Crippen LogP contribution in [0.2, 0.25) is 0 Å². The van der Waals surface area contributed by atoms with Crippen LogP contribution in [0.3, 0.4) is 0 Å². The Bertz CT molecular complexity index is 1230. The van der Waals surface area contributed by atoms with Crippen LogP contribution in [0, 0.1) is 0 Å². The first kappa shape index (κ1) is 23.9. The summed E-state index contributed by atoms with van der Waals surface area (Å²) in [5, 5.41) is 13.3. The van der Waals surface area contributed by atoms with Gasteiger partial charge in [0, 0.05) is 42.1 Å². The third kappa shape index (κ3) is 4.68. The maximum Gasteiger partial charge on any atom is 0.259 e. The number of rotatable bonds is 5. The molecule has 0 radical (unpaired) electrons. The zero-order chi connectivity index (χ0) is 25.2. The molecule has 3 aliphatic rings. The van der Waals surface area contributed by atoms with E-state index in [1.54, 1.807) is 47.4 Å². The van der Waals surface area contributed by atoms with E-state index in [0.717, 1.165) is 11.1 Å². The van der Waals surface area contributed by atoms with Crippen LogP contribution in [0.5, 0.6) is 0 Å². The van der Waals surface area contributed by atoms with E-state index in [0.29, 0.717) is 55.6 Å². The van der Waals surface area contributed by atoms with Crippen LogP contribution in [-0.2, 0) is 25.6 Å². The fourth-order valence-electron chi connectivity index (χ4n) is 4.51. The molecule has 2 unspecified atom stereocenters. The number of aliphatic hydroxyl groups excluding tert-OH is 1. The fourth-order valence-corrected chi connectivity index (χ4v) is 4.51. The summed E-state index contributed by atoms with van der Waals surface area (Å²) >= 11 is 0. The highest BCUT2D eigenvalue weighted by Gasteiger charge is 2.39. The van der Waals surface area contributed by atoms with Crippen molar-refractivity contribution in [1.82, 2.24) is 4.90 Å². The summed E-state index contributed by atoms with van der Waals surface area (Å²) in [6, 6.07) is 11.9. The van der Waals surface area contributed by atoms with Crippen molar-refractivity contribution in [2.45, 2.75) is 18.8 Å². The predicted octanol–water partition coefficient (Wildman–Crippen LogP) is 0.109. The number of ether oxygens (including phenoxy) is 2. The Labute approximate surface area is 207 Å². The molecular weight excluding hydrogens is 466 g/mol. The van der Waals surface area contributed by atoms with E-state index in [1.807, 2.05) is 0 Å². The minimum Gasteiger partial charge on any atom is -0.383 e. The largest absolute Gasteiger partial charge is 0.383 e. The second-order valence-electron chi connectivity index (χ2n) is 8.74. The molecule has 2 aromatic carbocycles. The molecular formula is C25H27N5O6. The Balaban J connectivity index is 1.27. The third-order valence-electron chi connectivity index (χ3n) is 6.45. The van der Waals surface area contributed by atoms with Crippen LogP contribution in [0.25, 0.3) is 0 Å². The summed E-state index contributed by atoms with van der Waals surface area (Å²) in [6.07, 6.45) is -3.11. The van der Waals surface area contributed by atoms with Crippen LogP contribution in [0.1, 0.15) is 21.5 Å². The fraction of sp³-hybridized carbons (Fsp3) is 0.360. The van der Waals surface area contributed by atoms with Gasteiger partial charge in [0.1, 0.15) is 5.84 Å². The zero-order valence-corrected chi connectivity index (χ0v) is 19.6. The monoisotopic (exact) mass is 493 g/mol. The number of carbonyl (C=O) groups excluding carboxylic acids is 3. The SMILES string of the molecule is NC1=NCc2cc(NC(=O)C(O)C3OCCN(c4cccc(C(=O)N5CCOCC5)c4)C3=O)ccc21. The number of benzene rings is 2. The van der Waals surface area contributed by atoms with Gasteiger partial charge in [-0.3, -0.25) is 19.4 Å². The summed E-state index contributed by atoms with van der Waals surface area (Å²) in [4.78, 5) is 46.1. The van der Waals surface area contributed by atoms with E-state index in [4.69, 9.17) is 15.2 Å². The van der Waals surface area contributed by atoms with Gasteiger partial charge in [-0.1, -0.05) is 6.07 Å². The number of aliphatic hydroxyl groups is 1. The van der Waals surface area contributed by atoms with Crippen LogP contribution >= 0.6 is 0 Å². The van der Waals surface area contributed by atoms with Gasteiger partial charge in [0.25, 0.3) is 17.7 Å². The molecule has 2 atom stereocenters. The number of amides is 3. The maximum absolute atomic E-state index is 13.2. The molecule has 0 aliphatic carbocycles. The number of nitrogens with zero attached hydrogens (tertiary/aromatic N) is 3. The van der Waals surface area contributed by atoms with Crippen LogP contribution in [0.15, 0.2) is 47.5 Å². The molecule has 2 aromatic rings. The maximum atomic E-state index is 13.2. The van der Waals surface area contributed by atoms with Crippen molar-refractivity contribution in [3.63, 3.8) is 0 Å². The molecule has 11 heteroatoms. The van der Waals surface area contributed by atoms with Gasteiger partial charge in [-0.15, -0.1) is 0 Å². The van der Waals surface area contributed by atoms with Crippen molar-refractivity contribution in [3.8, 4) is 0 Å². The molecule has 0 spiro atoms. The number of nitrogens with two attached hydrogens (primary N) is 1. The molecule has 11 nitrogen and oxygen atoms in total. The summed E-state index contributed by atoms with van der Waals surface area (Å²) in [7, 11) is 0. The lowest BCUT2D eigenvalue weighted by Gasteiger charge is -2.34. The van der Waals surface area contributed by atoms with Gasteiger partial charge in [-0.2, -0.15) is 0 Å². The summed E-state index contributed by atoms with van der Waals surface area (Å²) in [5.74, 6) is -1.02. The minimum atomic E-state index is -1.73. The molecule has 2 fully saturated rings. The molecule has 0 aromatic heterocycles. The average Bonchev–Trinajstić information content (AvgIpc) is 3.28.